The summed E-state index contributed by atoms with van der Waals surface area (Å²) in [6.45, 7) is 5.33. The Hall–Kier alpha value is -3.01. The zero-order valence-corrected chi connectivity index (χ0v) is 27.6. The Labute approximate surface area is 274 Å². The molecule has 2 atom stereocenters. The molecule has 2 aliphatic heterocycles. The lowest BCUT2D eigenvalue weighted by Crippen LogP contribution is -2.75. The van der Waals surface area contributed by atoms with Gasteiger partial charge in [0.1, 0.15) is 11.6 Å². The number of carbonyl (C=O) groups excluding carboxylic acids is 3. The summed E-state index contributed by atoms with van der Waals surface area (Å²) in [6, 6.07) is 12.7. The van der Waals surface area contributed by atoms with E-state index < -0.39 is 17.7 Å². The minimum Gasteiger partial charge on any atom is -0.390 e. The van der Waals surface area contributed by atoms with Gasteiger partial charge in [-0.25, -0.2) is 0 Å². The van der Waals surface area contributed by atoms with Crippen LogP contribution in [0.3, 0.4) is 0 Å². The summed E-state index contributed by atoms with van der Waals surface area (Å²) < 4.78 is 0. The summed E-state index contributed by atoms with van der Waals surface area (Å²) in [4.78, 5) is 50.8. The lowest BCUT2D eigenvalue weighted by Gasteiger charge is -2.52. The van der Waals surface area contributed by atoms with Gasteiger partial charge in [-0.15, -0.1) is 12.4 Å². The Morgan fingerprint density at radius 3 is 2.44 bits per heavy atom. The van der Waals surface area contributed by atoms with Crippen molar-refractivity contribution < 1.29 is 19.5 Å². The van der Waals surface area contributed by atoms with E-state index in [9.17, 15) is 19.5 Å². The highest BCUT2D eigenvalue weighted by molar-refractivity contribution is 6.00. The molecule has 0 unspecified atom stereocenters. The van der Waals surface area contributed by atoms with Gasteiger partial charge in [-0.2, -0.15) is 0 Å². The van der Waals surface area contributed by atoms with E-state index in [1.54, 1.807) is 11.1 Å². The molecule has 1 aliphatic carbocycles. The molecule has 1 aromatic carbocycles. The first-order chi connectivity index (χ1) is 21.3. The number of hydrogen-bond donors (Lipinski definition) is 2. The first-order valence-electron chi connectivity index (χ1n) is 16.6. The zero-order chi connectivity index (χ0) is 31.1. The number of piperazine rings is 1. The van der Waals surface area contributed by atoms with Crippen molar-refractivity contribution in [2.24, 2.45) is 5.92 Å². The Kier molecular flexibility index (Phi) is 12.4. The van der Waals surface area contributed by atoms with Crippen LogP contribution in [0, 0.1) is 5.92 Å². The van der Waals surface area contributed by atoms with Gasteiger partial charge in [0.2, 0.25) is 11.8 Å². The Balaban J connectivity index is 0.00000461. The van der Waals surface area contributed by atoms with Crippen LogP contribution in [-0.2, 0) is 22.6 Å². The third kappa shape index (κ3) is 8.05. The average Bonchev–Trinajstić information content (AvgIpc) is 3.07. The molecule has 2 N–H and O–H groups in total. The number of halogens is 1. The van der Waals surface area contributed by atoms with Gasteiger partial charge in [0.25, 0.3) is 5.91 Å². The molecule has 0 radical (unpaired) electrons. The fourth-order valence-corrected chi connectivity index (χ4v) is 7.20. The second-order valence-corrected chi connectivity index (χ2v) is 13.0. The van der Waals surface area contributed by atoms with Crippen LogP contribution in [0.4, 0.5) is 0 Å². The molecule has 45 heavy (non-hydrogen) atoms. The van der Waals surface area contributed by atoms with Crippen molar-refractivity contribution in [2.75, 3.05) is 33.2 Å². The SMILES string of the molecule is CCCCN1C(=O)[C@@H]([C@H](O)C2CCCCC2)NC(=O)C12CCN(Cc1ccc(C(=O)N(C)CCc3ccccn3)cc1)CC2.Cl. The summed E-state index contributed by atoms with van der Waals surface area (Å²) in [6.07, 6.45) is 9.67. The number of benzene rings is 1. The van der Waals surface area contributed by atoms with Gasteiger partial charge in [0.05, 0.1) is 6.10 Å². The van der Waals surface area contributed by atoms with Crippen LogP contribution in [-0.4, -0.2) is 93.4 Å². The zero-order valence-electron chi connectivity index (χ0n) is 26.8. The van der Waals surface area contributed by atoms with Gasteiger partial charge in [0, 0.05) is 63.6 Å². The van der Waals surface area contributed by atoms with Gasteiger partial charge >= 0.3 is 0 Å². The monoisotopic (exact) mass is 639 g/mol. The van der Waals surface area contributed by atoms with E-state index in [0.29, 0.717) is 57.5 Å². The lowest BCUT2D eigenvalue weighted by atomic mass is 9.78. The van der Waals surface area contributed by atoms with Crippen LogP contribution in [0.2, 0.25) is 0 Å². The normalized spacial score (nSPS) is 21.2. The summed E-state index contributed by atoms with van der Waals surface area (Å²) in [7, 11) is 1.82. The summed E-state index contributed by atoms with van der Waals surface area (Å²) in [5, 5.41) is 14.2. The number of aliphatic hydroxyl groups is 1. The third-order valence-corrected chi connectivity index (χ3v) is 10.0. The maximum Gasteiger partial charge on any atom is 0.253 e. The standard InChI is InChI=1S/C35H49N5O4.ClH/c1-3-4-21-40-33(43)30(31(41)27-10-6-5-7-11-27)37-34(44)35(40)18-23-39(24-19-35)25-26-13-15-28(16-14-26)32(42)38(2)22-17-29-12-8-9-20-36-29;/h8-9,12-16,20,27,30-31,41H,3-7,10-11,17-19,21-25H2,1-2H3,(H,37,44);1H/t30-,31-;/m1./s1. The molecule has 1 saturated carbocycles. The van der Waals surface area contributed by atoms with E-state index in [1.807, 2.05) is 54.4 Å². The predicted molar refractivity (Wildman–Crippen MR) is 177 cm³/mol. The van der Waals surface area contributed by atoms with Crippen LogP contribution in [0.25, 0.3) is 0 Å². The number of likely N-dealkylation sites (tertiary alicyclic amines) is 1. The van der Waals surface area contributed by atoms with Gasteiger partial charge < -0.3 is 20.2 Å². The molecular weight excluding hydrogens is 590 g/mol. The van der Waals surface area contributed by atoms with Crippen LogP contribution in [0.1, 0.15) is 86.3 Å². The van der Waals surface area contributed by atoms with Crippen LogP contribution in [0.5, 0.6) is 0 Å². The molecule has 10 heteroatoms. The number of unbranched alkanes of at least 4 members (excludes halogenated alkanes) is 1. The quantitative estimate of drug-likeness (QED) is 0.382. The highest BCUT2D eigenvalue weighted by Gasteiger charge is 2.55. The molecule has 3 amide bonds. The second-order valence-electron chi connectivity index (χ2n) is 13.0. The molecule has 3 heterocycles. The first-order valence-corrected chi connectivity index (χ1v) is 16.6. The average molecular weight is 640 g/mol. The van der Waals surface area contributed by atoms with Crippen LogP contribution in [0.15, 0.2) is 48.7 Å². The molecule has 2 saturated heterocycles. The topological polar surface area (TPSA) is 106 Å². The van der Waals surface area contributed by atoms with Crippen molar-refractivity contribution in [3.8, 4) is 0 Å². The number of aliphatic hydroxyl groups excluding tert-OH is 1. The number of rotatable bonds is 11. The van der Waals surface area contributed by atoms with E-state index in [-0.39, 0.29) is 36.0 Å². The fraction of sp³-hybridized carbons (Fsp3) is 0.600. The van der Waals surface area contributed by atoms with Gasteiger partial charge in [-0.3, -0.25) is 24.3 Å². The minimum atomic E-state index is -0.859. The highest BCUT2D eigenvalue weighted by Crippen LogP contribution is 2.36. The second kappa shape index (κ2) is 16.0. The van der Waals surface area contributed by atoms with E-state index in [0.717, 1.165) is 49.8 Å². The number of hydrogen-bond acceptors (Lipinski definition) is 6. The minimum absolute atomic E-state index is 0. The molecule has 5 rings (SSSR count). The van der Waals surface area contributed by atoms with Crippen molar-refractivity contribution in [1.82, 2.24) is 25.0 Å². The molecule has 0 bridgehead atoms. The number of piperidine rings is 1. The van der Waals surface area contributed by atoms with Crippen molar-refractivity contribution in [3.63, 3.8) is 0 Å². The van der Waals surface area contributed by atoms with Crippen LogP contribution < -0.4 is 5.32 Å². The predicted octanol–water partition coefficient (Wildman–Crippen LogP) is 4.22. The van der Waals surface area contributed by atoms with Crippen molar-refractivity contribution in [2.45, 2.75) is 95.4 Å². The lowest BCUT2D eigenvalue weighted by molar-refractivity contribution is -0.166. The van der Waals surface area contributed by atoms with Crippen molar-refractivity contribution in [3.05, 3.63) is 65.5 Å². The van der Waals surface area contributed by atoms with Crippen LogP contribution >= 0.6 is 12.4 Å². The number of pyridine rings is 1. The maximum absolute atomic E-state index is 13.9. The number of aromatic nitrogens is 1. The van der Waals surface area contributed by atoms with Gasteiger partial charge in [-0.05, 0) is 67.9 Å². The number of nitrogens with one attached hydrogen (secondary N) is 1. The highest BCUT2D eigenvalue weighted by atomic mass is 35.5. The Bertz CT molecular complexity index is 1260. The summed E-state index contributed by atoms with van der Waals surface area (Å²) >= 11 is 0. The van der Waals surface area contributed by atoms with E-state index in [4.69, 9.17) is 0 Å². The molecule has 3 fully saturated rings. The molecule has 1 spiro atoms. The first kappa shape index (κ1) is 34.9. The fourth-order valence-electron chi connectivity index (χ4n) is 7.20. The number of nitrogens with zero attached hydrogens (tertiary/aromatic N) is 4. The third-order valence-electron chi connectivity index (χ3n) is 10.0. The van der Waals surface area contributed by atoms with E-state index in [2.05, 4.69) is 22.1 Å². The Morgan fingerprint density at radius 2 is 1.80 bits per heavy atom. The molecule has 9 nitrogen and oxygen atoms in total. The number of amides is 3. The summed E-state index contributed by atoms with van der Waals surface area (Å²) in [5.74, 6) is -0.174. The molecule has 246 valence electrons. The number of likely N-dealkylation sites (N-methyl/N-ethyl adjacent to an activating group) is 1. The largest absolute Gasteiger partial charge is 0.390 e. The van der Waals surface area contributed by atoms with Crippen molar-refractivity contribution in [1.29, 1.82) is 0 Å². The molecular formula is C35H50ClN5O4. The molecule has 1 aromatic heterocycles. The van der Waals surface area contributed by atoms with E-state index in [1.165, 1.54) is 6.42 Å². The van der Waals surface area contributed by atoms with Gasteiger partial charge in [0.15, 0.2) is 0 Å². The summed E-state index contributed by atoms with van der Waals surface area (Å²) in [5.41, 5.74) is 1.87. The van der Waals surface area contributed by atoms with Gasteiger partial charge in [-0.1, -0.05) is 50.8 Å². The Morgan fingerprint density at radius 1 is 1.09 bits per heavy atom. The molecule has 3 aliphatic rings. The molecule has 2 aromatic rings. The number of carbonyl (C=O) groups is 3. The smallest absolute Gasteiger partial charge is 0.253 e. The van der Waals surface area contributed by atoms with E-state index >= 15 is 0 Å². The van der Waals surface area contributed by atoms with Crippen molar-refractivity contribution >= 4 is 30.1 Å². The maximum atomic E-state index is 13.9.